The average Bonchev–Trinajstić information content (AvgIpc) is 3.04. The molecule has 2 aromatic rings. The summed E-state index contributed by atoms with van der Waals surface area (Å²) in [5, 5.41) is 4.96. The van der Waals surface area contributed by atoms with Crippen LogP contribution in [0.3, 0.4) is 0 Å². The zero-order valence-corrected chi connectivity index (χ0v) is 16.5. The summed E-state index contributed by atoms with van der Waals surface area (Å²) < 4.78 is 38.7. The van der Waals surface area contributed by atoms with Gasteiger partial charge in [-0.1, -0.05) is 11.6 Å². The molecule has 30 heavy (non-hydrogen) atoms. The molecule has 6 nitrogen and oxygen atoms in total. The molecule has 1 atom stereocenters. The third kappa shape index (κ3) is 4.91. The number of alkyl halides is 3. The van der Waals surface area contributed by atoms with Gasteiger partial charge in [0.1, 0.15) is 0 Å². The van der Waals surface area contributed by atoms with Gasteiger partial charge in [0.25, 0.3) is 0 Å². The quantitative estimate of drug-likeness (QED) is 0.745. The zero-order valence-electron chi connectivity index (χ0n) is 15.7. The van der Waals surface area contributed by atoms with Crippen molar-refractivity contribution < 1.29 is 27.6 Å². The molecular weight excluding hydrogens is 423 g/mol. The highest BCUT2D eigenvalue weighted by atomic mass is 35.5. The van der Waals surface area contributed by atoms with Gasteiger partial charge >= 0.3 is 6.18 Å². The first kappa shape index (κ1) is 21.6. The molecule has 0 bridgehead atoms. The summed E-state index contributed by atoms with van der Waals surface area (Å²) >= 11 is 5.91. The number of amides is 3. The van der Waals surface area contributed by atoms with Crippen LogP contribution in [0.25, 0.3) is 0 Å². The van der Waals surface area contributed by atoms with Crippen molar-refractivity contribution in [3.63, 3.8) is 0 Å². The smallest absolute Gasteiger partial charge is 0.326 e. The second kappa shape index (κ2) is 8.35. The van der Waals surface area contributed by atoms with Crippen LogP contribution in [0, 0.1) is 5.92 Å². The number of nitrogens with one attached hydrogen (secondary N) is 2. The van der Waals surface area contributed by atoms with Crippen LogP contribution in [0.1, 0.15) is 18.9 Å². The largest absolute Gasteiger partial charge is 0.416 e. The summed E-state index contributed by atoms with van der Waals surface area (Å²) in [5.41, 5.74) is 0.000478. The third-order valence-corrected chi connectivity index (χ3v) is 4.88. The minimum absolute atomic E-state index is 0.0360. The van der Waals surface area contributed by atoms with E-state index in [4.69, 9.17) is 11.6 Å². The monoisotopic (exact) mass is 439 g/mol. The van der Waals surface area contributed by atoms with Gasteiger partial charge in [-0.05, 0) is 42.5 Å². The predicted octanol–water partition coefficient (Wildman–Crippen LogP) is 4.31. The number of rotatable bonds is 4. The van der Waals surface area contributed by atoms with Crippen LogP contribution in [-0.2, 0) is 20.6 Å². The van der Waals surface area contributed by atoms with E-state index >= 15 is 0 Å². The molecule has 1 fully saturated rings. The van der Waals surface area contributed by atoms with Crippen molar-refractivity contribution in [3.8, 4) is 0 Å². The van der Waals surface area contributed by atoms with Crippen molar-refractivity contribution in [1.82, 2.24) is 0 Å². The lowest BCUT2D eigenvalue weighted by atomic mass is 10.1. The lowest BCUT2D eigenvalue weighted by Gasteiger charge is -2.17. The Balaban J connectivity index is 1.70. The minimum Gasteiger partial charge on any atom is -0.326 e. The SMILES string of the molecule is CC(=O)Nc1ccc(N2CC(C(=O)Nc3cc(C(F)(F)F)ccc3Cl)CC2=O)cc1. The van der Waals surface area contributed by atoms with E-state index in [1.54, 1.807) is 24.3 Å². The maximum atomic E-state index is 12.9. The van der Waals surface area contributed by atoms with Gasteiger partial charge in [-0.3, -0.25) is 14.4 Å². The number of halogens is 4. The van der Waals surface area contributed by atoms with Crippen molar-refractivity contribution in [2.75, 3.05) is 22.1 Å². The van der Waals surface area contributed by atoms with Crippen molar-refractivity contribution in [2.24, 2.45) is 5.92 Å². The standard InChI is InChI=1S/C20H17ClF3N3O3/c1-11(28)25-14-3-5-15(6-4-14)27-10-12(8-18(27)29)19(30)26-17-9-13(20(22,23)24)2-7-16(17)21/h2-7,9,12H,8,10H2,1H3,(H,25,28)(H,26,30). The van der Waals surface area contributed by atoms with Crippen molar-refractivity contribution in [1.29, 1.82) is 0 Å². The summed E-state index contributed by atoms with van der Waals surface area (Å²) in [6, 6.07) is 9.15. The molecule has 1 unspecified atom stereocenters. The molecule has 2 N–H and O–H groups in total. The molecule has 1 aliphatic rings. The number of nitrogens with zero attached hydrogens (tertiary/aromatic N) is 1. The van der Waals surface area contributed by atoms with E-state index in [9.17, 15) is 27.6 Å². The van der Waals surface area contributed by atoms with Crippen LogP contribution in [0.2, 0.25) is 5.02 Å². The molecule has 1 heterocycles. The van der Waals surface area contributed by atoms with E-state index in [-0.39, 0.29) is 35.5 Å². The fourth-order valence-corrected chi connectivity index (χ4v) is 3.26. The van der Waals surface area contributed by atoms with E-state index in [2.05, 4.69) is 10.6 Å². The Kier molecular flexibility index (Phi) is 6.02. The van der Waals surface area contributed by atoms with Gasteiger partial charge in [-0.2, -0.15) is 13.2 Å². The fraction of sp³-hybridized carbons (Fsp3) is 0.250. The first-order chi connectivity index (χ1) is 14.0. The Morgan fingerprint density at radius 3 is 2.37 bits per heavy atom. The molecule has 158 valence electrons. The fourth-order valence-electron chi connectivity index (χ4n) is 3.09. The number of hydrogen-bond acceptors (Lipinski definition) is 3. The van der Waals surface area contributed by atoms with Gasteiger partial charge in [-0.15, -0.1) is 0 Å². The third-order valence-electron chi connectivity index (χ3n) is 4.55. The molecule has 1 saturated heterocycles. The summed E-state index contributed by atoms with van der Waals surface area (Å²) in [5.74, 6) is -1.87. The highest BCUT2D eigenvalue weighted by Gasteiger charge is 2.36. The van der Waals surface area contributed by atoms with Crippen LogP contribution < -0.4 is 15.5 Å². The molecule has 0 spiro atoms. The average molecular weight is 440 g/mol. The van der Waals surface area contributed by atoms with Crippen molar-refractivity contribution >= 4 is 46.4 Å². The number of anilines is 3. The normalized spacial score (nSPS) is 16.5. The van der Waals surface area contributed by atoms with E-state index in [1.165, 1.54) is 11.8 Å². The predicted molar refractivity (Wildman–Crippen MR) is 106 cm³/mol. The molecule has 0 aromatic heterocycles. The Morgan fingerprint density at radius 2 is 1.77 bits per heavy atom. The van der Waals surface area contributed by atoms with Crippen molar-refractivity contribution in [3.05, 3.63) is 53.1 Å². The minimum atomic E-state index is -4.58. The first-order valence-corrected chi connectivity index (χ1v) is 9.28. The van der Waals surface area contributed by atoms with Crippen LogP contribution in [0.4, 0.5) is 30.2 Å². The molecular formula is C20H17ClF3N3O3. The van der Waals surface area contributed by atoms with Gasteiger partial charge in [0.2, 0.25) is 17.7 Å². The summed E-state index contributed by atoms with van der Waals surface area (Å²) in [6.07, 6.45) is -4.66. The first-order valence-electron chi connectivity index (χ1n) is 8.90. The van der Waals surface area contributed by atoms with Crippen molar-refractivity contribution in [2.45, 2.75) is 19.5 Å². The summed E-state index contributed by atoms with van der Waals surface area (Å²) in [4.78, 5) is 37.4. The lowest BCUT2D eigenvalue weighted by Crippen LogP contribution is -2.28. The zero-order chi connectivity index (χ0) is 22.1. The van der Waals surface area contributed by atoms with Gasteiger partial charge in [0, 0.05) is 31.3 Å². The van der Waals surface area contributed by atoms with E-state index in [0.29, 0.717) is 11.4 Å². The molecule has 2 aromatic carbocycles. The molecule has 0 radical (unpaired) electrons. The van der Waals surface area contributed by atoms with Gasteiger partial charge in [-0.25, -0.2) is 0 Å². The Morgan fingerprint density at radius 1 is 1.10 bits per heavy atom. The molecule has 10 heteroatoms. The molecule has 3 amide bonds. The van der Waals surface area contributed by atoms with E-state index in [0.717, 1.165) is 18.2 Å². The number of hydrogen-bond donors (Lipinski definition) is 2. The lowest BCUT2D eigenvalue weighted by molar-refractivity contribution is -0.137. The maximum Gasteiger partial charge on any atom is 0.416 e. The number of benzene rings is 2. The second-order valence-electron chi connectivity index (χ2n) is 6.82. The molecule has 0 saturated carbocycles. The highest BCUT2D eigenvalue weighted by molar-refractivity contribution is 6.33. The molecule has 3 rings (SSSR count). The van der Waals surface area contributed by atoms with E-state index < -0.39 is 23.6 Å². The summed E-state index contributed by atoms with van der Waals surface area (Å²) in [7, 11) is 0. The van der Waals surface area contributed by atoms with Crippen LogP contribution in [0.5, 0.6) is 0 Å². The molecule has 1 aliphatic heterocycles. The molecule has 0 aliphatic carbocycles. The summed E-state index contributed by atoms with van der Waals surface area (Å²) in [6.45, 7) is 1.44. The number of carbonyl (C=O) groups is 3. The Labute approximate surface area is 175 Å². The van der Waals surface area contributed by atoms with Gasteiger partial charge < -0.3 is 15.5 Å². The van der Waals surface area contributed by atoms with E-state index in [1.807, 2.05) is 0 Å². The Bertz CT molecular complexity index is 993. The number of carbonyl (C=O) groups excluding carboxylic acids is 3. The topological polar surface area (TPSA) is 78.5 Å². The van der Waals surface area contributed by atoms with Crippen LogP contribution in [0.15, 0.2) is 42.5 Å². The highest BCUT2D eigenvalue weighted by Crippen LogP contribution is 2.34. The van der Waals surface area contributed by atoms with Crippen LogP contribution in [-0.4, -0.2) is 24.3 Å². The maximum absolute atomic E-state index is 12.9. The van der Waals surface area contributed by atoms with Crippen LogP contribution >= 0.6 is 11.6 Å². The second-order valence-corrected chi connectivity index (χ2v) is 7.22. The van der Waals surface area contributed by atoms with Gasteiger partial charge in [0.15, 0.2) is 0 Å². The van der Waals surface area contributed by atoms with Gasteiger partial charge in [0.05, 0.1) is 22.2 Å². The Hall–Kier alpha value is -3.07.